The number of esters is 1. The molecule has 2 bridgehead atoms. The van der Waals surface area contributed by atoms with Crippen molar-refractivity contribution in [1.29, 1.82) is 0 Å². The molecule has 7 rings (SSSR count). The molecular formula is C40H52BN5O9S. The zero-order valence-corrected chi connectivity index (χ0v) is 34.0. The monoisotopic (exact) mass is 789 g/mol. The van der Waals surface area contributed by atoms with Crippen molar-refractivity contribution in [2.75, 3.05) is 19.0 Å². The van der Waals surface area contributed by atoms with E-state index in [1.807, 2.05) is 36.4 Å². The summed E-state index contributed by atoms with van der Waals surface area (Å²) in [5.74, 6) is -0.885. The van der Waals surface area contributed by atoms with Crippen molar-refractivity contribution in [1.82, 2.24) is 20.9 Å². The fraction of sp³-hybridized carbons (Fsp3) is 0.525. The van der Waals surface area contributed by atoms with Crippen molar-refractivity contribution in [2.45, 2.75) is 104 Å². The summed E-state index contributed by atoms with van der Waals surface area (Å²) in [6.45, 7) is 14.1. The van der Waals surface area contributed by atoms with E-state index in [0.717, 1.165) is 29.7 Å². The van der Waals surface area contributed by atoms with E-state index in [1.165, 1.54) is 7.11 Å². The number of thiazole rings is 1. The number of carbonyl (C=O) groups excluding carboxylic acids is 4. The number of rotatable bonds is 13. The highest BCUT2D eigenvalue weighted by Gasteiger charge is 2.68. The number of urea groups is 1. The molecule has 14 nitrogen and oxygen atoms in total. The molecule has 0 radical (unpaired) electrons. The molecule has 1 saturated heterocycles. The first-order chi connectivity index (χ1) is 26.5. The molecule has 4 aliphatic rings. The number of nitrogens with one attached hydrogen (secondary N) is 4. The van der Waals surface area contributed by atoms with Gasteiger partial charge in [0.05, 0.1) is 30.4 Å². The largest absolute Gasteiger partial charge is 0.496 e. The van der Waals surface area contributed by atoms with E-state index in [-0.39, 0.29) is 46.9 Å². The van der Waals surface area contributed by atoms with Crippen LogP contribution in [-0.4, -0.2) is 73.0 Å². The third kappa shape index (κ3) is 8.82. The molecule has 2 heterocycles. The Bertz CT molecular complexity index is 1920. The normalized spacial score (nSPS) is 23.1. The molecule has 0 spiro atoms. The fourth-order valence-electron chi connectivity index (χ4n) is 8.21. The van der Waals surface area contributed by atoms with Crippen molar-refractivity contribution in [3.05, 3.63) is 76.3 Å². The second kappa shape index (κ2) is 16.4. The van der Waals surface area contributed by atoms with Crippen molar-refractivity contribution < 1.29 is 42.7 Å². The van der Waals surface area contributed by atoms with E-state index < -0.39 is 54.3 Å². The van der Waals surface area contributed by atoms with Crippen LogP contribution in [0.2, 0.25) is 0 Å². The van der Waals surface area contributed by atoms with Gasteiger partial charge in [-0.25, -0.2) is 19.4 Å². The van der Waals surface area contributed by atoms with Crippen LogP contribution in [-0.2, 0) is 36.6 Å². The highest BCUT2D eigenvalue weighted by molar-refractivity contribution is 7.13. The Balaban J connectivity index is 1.27. The minimum atomic E-state index is -1.28. The van der Waals surface area contributed by atoms with Gasteiger partial charge in [-0.3, -0.25) is 10.1 Å². The van der Waals surface area contributed by atoms with Crippen LogP contribution in [0.5, 0.6) is 5.75 Å². The summed E-state index contributed by atoms with van der Waals surface area (Å²) in [6.07, 6.45) is 1.11. The maximum atomic E-state index is 14.5. The Morgan fingerprint density at radius 2 is 1.79 bits per heavy atom. The predicted molar refractivity (Wildman–Crippen MR) is 211 cm³/mol. The first-order valence-electron chi connectivity index (χ1n) is 19.0. The standard InChI is InChI=1S/C40H52BN5O9S/c1-9-42-35(49)45-31(27-22-56-36(43-27)46-37(50)52-21-23-14-11-10-12-15-23)33(47)44-30(41-54-29-20-25-19-28(39(25,5)6)40(29,7)55-41)18-24-16-13-17-26(32(24)51-8)34(48)53-38(2,3)4/h10-17,22,25,28-31H,9,18-21H2,1-8H3,(H,44,47)(H2,42,45,49)(H,43,46,50)/t25-,28+,29?,30+,31?,40+/m1/s1. The van der Waals surface area contributed by atoms with Crippen LogP contribution in [0.3, 0.4) is 0 Å². The number of hydrogen-bond donors (Lipinski definition) is 4. The van der Waals surface area contributed by atoms with Gasteiger partial charge in [-0.1, -0.05) is 56.3 Å². The van der Waals surface area contributed by atoms with Gasteiger partial charge in [0.2, 0.25) is 5.91 Å². The van der Waals surface area contributed by atoms with Crippen LogP contribution in [0.1, 0.15) is 94.5 Å². The maximum Gasteiger partial charge on any atom is 0.482 e. The van der Waals surface area contributed by atoms with Gasteiger partial charge in [0.1, 0.15) is 23.5 Å². The first kappa shape index (κ1) is 41.0. The summed E-state index contributed by atoms with van der Waals surface area (Å²) in [5, 5.41) is 12.9. The molecular weight excluding hydrogens is 737 g/mol. The van der Waals surface area contributed by atoms with Gasteiger partial charge in [0.25, 0.3) is 0 Å². The van der Waals surface area contributed by atoms with Gasteiger partial charge < -0.3 is 39.5 Å². The van der Waals surface area contributed by atoms with Crippen LogP contribution in [0.25, 0.3) is 0 Å². The molecule has 16 heteroatoms. The maximum absolute atomic E-state index is 14.5. The first-order valence-corrected chi connectivity index (χ1v) is 19.9. The van der Waals surface area contributed by atoms with Gasteiger partial charge >= 0.3 is 25.2 Å². The Kier molecular flexibility index (Phi) is 12.0. The number of ether oxygens (including phenoxy) is 3. The van der Waals surface area contributed by atoms with E-state index in [2.05, 4.69) is 47.0 Å². The molecule has 4 fully saturated rings. The molecule has 4 amide bonds. The average molecular weight is 790 g/mol. The number of benzene rings is 2. The predicted octanol–water partition coefficient (Wildman–Crippen LogP) is 6.21. The molecule has 6 atom stereocenters. The quantitative estimate of drug-likeness (QED) is 0.115. The van der Waals surface area contributed by atoms with Crippen LogP contribution in [0, 0.1) is 17.3 Å². The number of para-hydroxylation sites is 1. The van der Waals surface area contributed by atoms with Gasteiger partial charge in [-0.2, -0.15) is 0 Å². The number of hydrogen-bond acceptors (Lipinski definition) is 11. The number of amides is 4. The molecule has 300 valence electrons. The van der Waals surface area contributed by atoms with E-state index >= 15 is 0 Å². The molecule has 56 heavy (non-hydrogen) atoms. The van der Waals surface area contributed by atoms with E-state index in [0.29, 0.717) is 23.8 Å². The Morgan fingerprint density at radius 1 is 1.04 bits per heavy atom. The number of anilines is 1. The van der Waals surface area contributed by atoms with E-state index in [9.17, 15) is 19.2 Å². The molecule has 3 saturated carbocycles. The van der Waals surface area contributed by atoms with Crippen LogP contribution >= 0.6 is 11.3 Å². The minimum Gasteiger partial charge on any atom is -0.496 e. The lowest BCUT2D eigenvalue weighted by Crippen LogP contribution is -2.65. The zero-order chi connectivity index (χ0) is 40.4. The smallest absolute Gasteiger partial charge is 0.482 e. The van der Waals surface area contributed by atoms with Crippen LogP contribution in [0.4, 0.5) is 14.7 Å². The highest BCUT2D eigenvalue weighted by Crippen LogP contribution is 2.65. The molecule has 3 aromatic rings. The second-order valence-electron chi connectivity index (χ2n) is 16.4. The van der Waals surface area contributed by atoms with Crippen LogP contribution < -0.4 is 26.0 Å². The lowest BCUT2D eigenvalue weighted by molar-refractivity contribution is -0.199. The summed E-state index contributed by atoms with van der Waals surface area (Å²) in [4.78, 5) is 57.8. The third-order valence-electron chi connectivity index (χ3n) is 11.1. The van der Waals surface area contributed by atoms with E-state index in [4.69, 9.17) is 23.5 Å². The van der Waals surface area contributed by atoms with Gasteiger partial charge in [-0.05, 0) is 88.3 Å². The molecule has 2 unspecified atom stereocenters. The second-order valence-corrected chi connectivity index (χ2v) is 17.2. The molecule has 3 aliphatic carbocycles. The summed E-state index contributed by atoms with van der Waals surface area (Å²) in [7, 11) is 0.599. The minimum absolute atomic E-state index is 0.0612. The topological polar surface area (TPSA) is 175 Å². The van der Waals surface area contributed by atoms with Gasteiger partial charge in [-0.15, -0.1) is 11.3 Å². The number of carbonyl (C=O) groups is 4. The Labute approximate surface area is 332 Å². The van der Waals surface area contributed by atoms with Gasteiger partial charge in [0, 0.05) is 11.9 Å². The lowest BCUT2D eigenvalue weighted by Gasteiger charge is -2.64. The van der Waals surface area contributed by atoms with E-state index in [1.54, 1.807) is 45.2 Å². The molecule has 1 aromatic heterocycles. The Morgan fingerprint density at radius 3 is 2.46 bits per heavy atom. The molecule has 2 aromatic carbocycles. The number of methoxy groups -OCH3 is 1. The Hall–Kier alpha value is -4.67. The number of nitrogens with zero attached hydrogens (tertiary/aromatic N) is 1. The fourth-order valence-corrected chi connectivity index (χ4v) is 8.93. The summed E-state index contributed by atoms with van der Waals surface area (Å²) in [6, 6.07) is 12.6. The number of aromatic nitrogens is 1. The SMILES string of the molecule is CCNC(=O)NC(C(=O)N[C@@H](Cc1cccc(C(=O)OC(C)(C)C)c1OC)B1OC2C[C@H]3C[C@@H](C3(C)C)[C@]2(C)O1)c1csc(NC(=O)OCc2ccccc2)n1. The van der Waals surface area contributed by atoms with Crippen molar-refractivity contribution in [3.8, 4) is 5.75 Å². The molecule has 4 N–H and O–H groups in total. The molecule has 1 aliphatic heterocycles. The third-order valence-corrected chi connectivity index (χ3v) is 11.9. The highest BCUT2D eigenvalue weighted by atomic mass is 32.1. The zero-order valence-electron chi connectivity index (χ0n) is 33.2. The van der Waals surface area contributed by atoms with Crippen molar-refractivity contribution in [3.63, 3.8) is 0 Å². The summed E-state index contributed by atoms with van der Waals surface area (Å²) < 4.78 is 30.4. The lowest BCUT2D eigenvalue weighted by atomic mass is 9.43. The average Bonchev–Trinajstić information content (AvgIpc) is 3.76. The van der Waals surface area contributed by atoms with Gasteiger partial charge in [0.15, 0.2) is 11.2 Å². The van der Waals surface area contributed by atoms with Crippen molar-refractivity contribution >= 4 is 47.6 Å². The summed E-state index contributed by atoms with van der Waals surface area (Å²) >= 11 is 1.08. The van der Waals surface area contributed by atoms with Crippen LogP contribution in [0.15, 0.2) is 53.9 Å². The summed E-state index contributed by atoms with van der Waals surface area (Å²) in [5.41, 5.74) is 0.619. The van der Waals surface area contributed by atoms with Crippen molar-refractivity contribution in [2.24, 2.45) is 17.3 Å².